The highest BCUT2D eigenvalue weighted by atomic mass is 16.6. The molecule has 8 heteroatoms. The molecule has 2 amide bonds. The molecular weight excluding hydrogens is 394 g/mol. The highest BCUT2D eigenvalue weighted by Crippen LogP contribution is 2.35. The number of aromatic nitrogens is 3. The van der Waals surface area contributed by atoms with Gasteiger partial charge < -0.3 is 24.3 Å². The number of hydrogen-bond acceptors (Lipinski definition) is 5. The van der Waals surface area contributed by atoms with Gasteiger partial charge in [-0.1, -0.05) is 6.07 Å². The lowest BCUT2D eigenvalue weighted by Crippen LogP contribution is -2.35. The van der Waals surface area contributed by atoms with Gasteiger partial charge in [-0.3, -0.25) is 4.98 Å². The van der Waals surface area contributed by atoms with Gasteiger partial charge in [0.2, 0.25) is 0 Å². The Kier molecular flexibility index (Phi) is 5.19. The average Bonchev–Trinajstić information content (AvgIpc) is 3.41. The topological polar surface area (TPSA) is 81.5 Å². The first kappa shape index (κ1) is 19.4. The zero-order chi connectivity index (χ0) is 21.2. The normalized spacial score (nSPS) is 17.6. The van der Waals surface area contributed by atoms with E-state index in [9.17, 15) is 4.79 Å². The Morgan fingerprint density at radius 1 is 1.19 bits per heavy atom. The largest absolute Gasteiger partial charge is 0.486 e. The SMILES string of the molecule is Cc1cnc(C2CCCN2C(=O)Nc2ccc3c(c2)OCCO3)n1Cc1cccnc1. The number of carbonyl (C=O) groups excluding carboxylic acids is 1. The molecular formula is C23H25N5O3. The van der Waals surface area contributed by atoms with Gasteiger partial charge >= 0.3 is 6.03 Å². The Bertz CT molecular complexity index is 1080. The van der Waals surface area contributed by atoms with Crippen LogP contribution in [-0.2, 0) is 6.54 Å². The molecule has 2 aliphatic rings. The minimum atomic E-state index is -0.132. The fourth-order valence-corrected chi connectivity index (χ4v) is 4.22. The number of imidazole rings is 1. The van der Waals surface area contributed by atoms with Gasteiger partial charge in [-0.05, 0) is 43.5 Å². The van der Waals surface area contributed by atoms with Gasteiger partial charge in [0, 0.05) is 42.6 Å². The van der Waals surface area contributed by atoms with Crippen molar-refractivity contribution < 1.29 is 14.3 Å². The van der Waals surface area contributed by atoms with Gasteiger partial charge in [0.15, 0.2) is 11.5 Å². The molecule has 2 aliphatic heterocycles. The van der Waals surface area contributed by atoms with E-state index in [1.807, 2.05) is 48.5 Å². The second-order valence-corrected chi connectivity index (χ2v) is 7.85. The van der Waals surface area contributed by atoms with Crippen molar-refractivity contribution in [1.29, 1.82) is 0 Å². The Morgan fingerprint density at radius 3 is 2.90 bits per heavy atom. The number of aryl methyl sites for hydroxylation is 1. The molecule has 0 bridgehead atoms. The number of anilines is 1. The molecule has 1 atom stereocenters. The summed E-state index contributed by atoms with van der Waals surface area (Å²) in [4.78, 5) is 23.9. The Hall–Kier alpha value is -3.55. The van der Waals surface area contributed by atoms with Crippen molar-refractivity contribution in [2.24, 2.45) is 0 Å². The van der Waals surface area contributed by atoms with Crippen LogP contribution in [0.2, 0.25) is 0 Å². The number of nitrogens with zero attached hydrogens (tertiary/aromatic N) is 4. The lowest BCUT2D eigenvalue weighted by molar-refractivity contribution is 0.171. The third-order valence-corrected chi connectivity index (χ3v) is 5.75. The van der Waals surface area contributed by atoms with Gasteiger partial charge in [0.05, 0.1) is 12.6 Å². The van der Waals surface area contributed by atoms with Crippen LogP contribution < -0.4 is 14.8 Å². The van der Waals surface area contributed by atoms with Crippen LogP contribution in [0.4, 0.5) is 10.5 Å². The van der Waals surface area contributed by atoms with Crippen molar-refractivity contribution in [2.45, 2.75) is 32.4 Å². The van der Waals surface area contributed by atoms with Crippen molar-refractivity contribution in [3.63, 3.8) is 0 Å². The van der Waals surface area contributed by atoms with Crippen LogP contribution >= 0.6 is 0 Å². The predicted molar refractivity (Wildman–Crippen MR) is 115 cm³/mol. The molecule has 31 heavy (non-hydrogen) atoms. The van der Waals surface area contributed by atoms with Crippen molar-refractivity contribution >= 4 is 11.7 Å². The zero-order valence-electron chi connectivity index (χ0n) is 17.5. The van der Waals surface area contributed by atoms with Crippen molar-refractivity contribution in [1.82, 2.24) is 19.4 Å². The first-order valence-corrected chi connectivity index (χ1v) is 10.6. The van der Waals surface area contributed by atoms with E-state index in [1.54, 1.807) is 6.20 Å². The van der Waals surface area contributed by atoms with E-state index in [0.717, 1.165) is 29.9 Å². The predicted octanol–water partition coefficient (Wildman–Crippen LogP) is 3.78. The minimum absolute atomic E-state index is 0.0671. The van der Waals surface area contributed by atoms with Crippen LogP contribution in [0.25, 0.3) is 0 Å². The summed E-state index contributed by atoms with van der Waals surface area (Å²) in [5.74, 6) is 2.28. The standard InChI is InChI=1S/C23H25N5O3/c1-16-13-25-22(28(16)15-17-4-2-8-24-14-17)19-5-3-9-27(19)23(29)26-18-6-7-20-21(12-18)31-11-10-30-20/h2,4,6-8,12-14,19H,3,5,9-11,15H2,1H3,(H,26,29). The summed E-state index contributed by atoms with van der Waals surface area (Å²) >= 11 is 0. The third kappa shape index (κ3) is 3.93. The van der Waals surface area contributed by atoms with E-state index in [2.05, 4.69) is 25.9 Å². The lowest BCUT2D eigenvalue weighted by Gasteiger charge is -2.26. The van der Waals surface area contributed by atoms with Crippen LogP contribution in [-0.4, -0.2) is 45.2 Å². The first-order chi connectivity index (χ1) is 15.2. The van der Waals surface area contributed by atoms with Gasteiger partial charge in [-0.2, -0.15) is 0 Å². The molecule has 3 aromatic rings. The number of pyridine rings is 1. The summed E-state index contributed by atoms with van der Waals surface area (Å²) in [7, 11) is 0. The van der Waals surface area contributed by atoms with Crippen LogP contribution in [0.1, 0.15) is 36.0 Å². The fourth-order valence-electron chi connectivity index (χ4n) is 4.22. The van der Waals surface area contributed by atoms with E-state index < -0.39 is 0 Å². The number of nitrogens with one attached hydrogen (secondary N) is 1. The van der Waals surface area contributed by atoms with Crippen molar-refractivity contribution in [3.8, 4) is 11.5 Å². The number of amides is 2. The maximum Gasteiger partial charge on any atom is 0.322 e. The quantitative estimate of drug-likeness (QED) is 0.696. The molecule has 1 unspecified atom stereocenters. The molecule has 0 aliphatic carbocycles. The number of ether oxygens (including phenoxy) is 2. The number of benzene rings is 1. The van der Waals surface area contributed by atoms with E-state index in [4.69, 9.17) is 9.47 Å². The number of rotatable bonds is 4. The second-order valence-electron chi connectivity index (χ2n) is 7.85. The molecule has 1 saturated heterocycles. The molecule has 1 aromatic carbocycles. The third-order valence-electron chi connectivity index (χ3n) is 5.75. The van der Waals surface area contributed by atoms with Crippen LogP contribution in [0.3, 0.4) is 0 Å². The van der Waals surface area contributed by atoms with Crippen LogP contribution in [0.5, 0.6) is 11.5 Å². The van der Waals surface area contributed by atoms with Crippen molar-refractivity contribution in [2.75, 3.05) is 25.1 Å². The molecule has 0 saturated carbocycles. The number of hydrogen-bond donors (Lipinski definition) is 1. The molecule has 0 spiro atoms. The number of fused-ring (bicyclic) bond motifs is 1. The van der Waals surface area contributed by atoms with Crippen LogP contribution in [0, 0.1) is 6.92 Å². The molecule has 1 N–H and O–H groups in total. The Morgan fingerprint density at radius 2 is 2.06 bits per heavy atom. The number of likely N-dealkylation sites (tertiary alicyclic amines) is 1. The van der Waals surface area contributed by atoms with E-state index >= 15 is 0 Å². The highest BCUT2D eigenvalue weighted by molar-refractivity contribution is 5.90. The summed E-state index contributed by atoms with van der Waals surface area (Å²) < 4.78 is 13.4. The molecule has 1 fully saturated rings. The average molecular weight is 419 g/mol. The van der Waals surface area contributed by atoms with Gasteiger partial charge in [-0.25, -0.2) is 9.78 Å². The van der Waals surface area contributed by atoms with E-state index in [-0.39, 0.29) is 12.1 Å². The molecule has 8 nitrogen and oxygen atoms in total. The summed E-state index contributed by atoms with van der Waals surface area (Å²) in [5, 5.41) is 3.01. The number of carbonyl (C=O) groups is 1. The zero-order valence-corrected chi connectivity index (χ0v) is 17.5. The molecule has 5 rings (SSSR count). The van der Waals surface area contributed by atoms with Crippen LogP contribution in [0.15, 0.2) is 48.9 Å². The minimum Gasteiger partial charge on any atom is -0.486 e. The van der Waals surface area contributed by atoms with Gasteiger partial charge in [0.25, 0.3) is 0 Å². The smallest absolute Gasteiger partial charge is 0.322 e. The Balaban J connectivity index is 1.35. The summed E-state index contributed by atoms with van der Waals surface area (Å²) in [6.45, 7) is 4.47. The van der Waals surface area contributed by atoms with Gasteiger partial charge in [0.1, 0.15) is 19.0 Å². The molecule has 160 valence electrons. The fraction of sp³-hybridized carbons (Fsp3) is 0.348. The maximum absolute atomic E-state index is 13.1. The van der Waals surface area contributed by atoms with E-state index in [1.165, 1.54) is 0 Å². The van der Waals surface area contributed by atoms with Crippen molar-refractivity contribution in [3.05, 3.63) is 66.0 Å². The molecule has 0 radical (unpaired) electrons. The van der Waals surface area contributed by atoms with E-state index in [0.29, 0.717) is 43.5 Å². The molecule has 2 aromatic heterocycles. The monoisotopic (exact) mass is 419 g/mol. The Labute approximate surface area is 180 Å². The maximum atomic E-state index is 13.1. The first-order valence-electron chi connectivity index (χ1n) is 10.6. The highest BCUT2D eigenvalue weighted by Gasteiger charge is 2.33. The summed E-state index contributed by atoms with van der Waals surface area (Å²) in [6, 6.07) is 9.27. The number of urea groups is 1. The molecule has 4 heterocycles. The summed E-state index contributed by atoms with van der Waals surface area (Å²) in [5.41, 5.74) is 2.86. The lowest BCUT2D eigenvalue weighted by atomic mass is 10.2. The van der Waals surface area contributed by atoms with Gasteiger partial charge in [-0.15, -0.1) is 0 Å². The second kappa shape index (κ2) is 8.29. The summed E-state index contributed by atoms with van der Waals surface area (Å²) in [6.07, 6.45) is 7.34.